The van der Waals surface area contributed by atoms with E-state index in [4.69, 9.17) is 23.2 Å². The Balaban J connectivity index is 1.91. The quantitative estimate of drug-likeness (QED) is 0.624. The Morgan fingerprint density at radius 1 is 1.05 bits per heavy atom. The smallest absolute Gasteiger partial charge is 0.182 e. The normalized spacial score (nSPS) is 11.0. The fourth-order valence-electron chi connectivity index (χ4n) is 2.22. The standard InChI is InChI=1S/C16H10Cl2FNO/c17-13-3-1-11(8-14(13)18)16(21)9-20-6-5-10-7-12(19)2-4-15(10)20/h1-8H,9H2. The molecule has 0 bridgehead atoms. The van der Waals surface area contributed by atoms with Gasteiger partial charge in [-0.1, -0.05) is 23.2 Å². The first-order valence-corrected chi connectivity index (χ1v) is 7.03. The molecular formula is C16H10Cl2FNO. The Morgan fingerprint density at radius 3 is 2.62 bits per heavy atom. The van der Waals surface area contributed by atoms with Gasteiger partial charge < -0.3 is 4.57 Å². The molecule has 2 nitrogen and oxygen atoms in total. The summed E-state index contributed by atoms with van der Waals surface area (Å²) in [6, 6.07) is 11.0. The van der Waals surface area contributed by atoms with E-state index in [2.05, 4.69) is 0 Å². The highest BCUT2D eigenvalue weighted by atomic mass is 35.5. The van der Waals surface area contributed by atoms with Gasteiger partial charge in [0, 0.05) is 22.7 Å². The number of carbonyl (C=O) groups excluding carboxylic acids is 1. The first kappa shape index (κ1) is 14.1. The highest BCUT2D eigenvalue weighted by Crippen LogP contribution is 2.23. The van der Waals surface area contributed by atoms with E-state index in [0.717, 1.165) is 10.9 Å². The summed E-state index contributed by atoms with van der Waals surface area (Å²) < 4.78 is 14.9. The molecule has 0 spiro atoms. The summed E-state index contributed by atoms with van der Waals surface area (Å²) in [6.45, 7) is 0.160. The van der Waals surface area contributed by atoms with Crippen LogP contribution in [-0.4, -0.2) is 10.4 Å². The molecule has 0 atom stereocenters. The number of aromatic nitrogens is 1. The molecule has 0 amide bonds. The van der Waals surface area contributed by atoms with Gasteiger partial charge in [-0.25, -0.2) is 4.39 Å². The molecule has 1 aromatic heterocycles. The van der Waals surface area contributed by atoms with Gasteiger partial charge in [0.25, 0.3) is 0 Å². The molecule has 106 valence electrons. The Kier molecular flexibility index (Phi) is 3.70. The van der Waals surface area contributed by atoms with Crippen molar-refractivity contribution < 1.29 is 9.18 Å². The maximum atomic E-state index is 13.2. The molecule has 0 aliphatic heterocycles. The minimum Gasteiger partial charge on any atom is -0.340 e. The lowest BCUT2D eigenvalue weighted by molar-refractivity contribution is 0.0973. The molecule has 0 unspecified atom stereocenters. The fraction of sp³-hybridized carbons (Fsp3) is 0.0625. The summed E-state index contributed by atoms with van der Waals surface area (Å²) in [7, 11) is 0. The maximum absolute atomic E-state index is 13.2. The highest BCUT2D eigenvalue weighted by Gasteiger charge is 2.11. The second kappa shape index (κ2) is 5.51. The van der Waals surface area contributed by atoms with E-state index in [1.165, 1.54) is 12.1 Å². The Hall–Kier alpha value is -1.84. The van der Waals surface area contributed by atoms with Crippen molar-refractivity contribution in [3.63, 3.8) is 0 Å². The Bertz CT molecular complexity index is 841. The van der Waals surface area contributed by atoms with Gasteiger partial charge in [0.15, 0.2) is 5.78 Å². The number of fused-ring (bicyclic) bond motifs is 1. The molecule has 0 radical (unpaired) electrons. The number of nitrogens with zero attached hydrogens (tertiary/aromatic N) is 1. The van der Waals surface area contributed by atoms with Crippen molar-refractivity contribution in [1.29, 1.82) is 0 Å². The zero-order valence-electron chi connectivity index (χ0n) is 10.8. The van der Waals surface area contributed by atoms with Crippen LogP contribution in [-0.2, 0) is 6.54 Å². The lowest BCUT2D eigenvalue weighted by atomic mass is 10.1. The molecule has 0 aliphatic rings. The van der Waals surface area contributed by atoms with Crippen molar-refractivity contribution in [2.45, 2.75) is 6.54 Å². The van der Waals surface area contributed by atoms with Crippen LogP contribution >= 0.6 is 23.2 Å². The second-order valence-corrected chi connectivity index (χ2v) is 5.51. The molecular weight excluding hydrogens is 312 g/mol. The zero-order chi connectivity index (χ0) is 15.0. The number of Topliss-reactive ketones (excluding diaryl/α,β-unsaturated/α-hetero) is 1. The predicted octanol–water partition coefficient (Wildman–Crippen LogP) is 4.97. The van der Waals surface area contributed by atoms with Gasteiger partial charge in [-0.05, 0) is 42.5 Å². The van der Waals surface area contributed by atoms with Crippen LogP contribution in [0.1, 0.15) is 10.4 Å². The van der Waals surface area contributed by atoms with E-state index in [9.17, 15) is 9.18 Å². The number of hydrogen-bond donors (Lipinski definition) is 0. The number of ketones is 1. The number of rotatable bonds is 3. The lowest BCUT2D eigenvalue weighted by Crippen LogP contribution is -2.09. The largest absolute Gasteiger partial charge is 0.340 e. The molecule has 5 heteroatoms. The van der Waals surface area contributed by atoms with Crippen LogP contribution in [0.3, 0.4) is 0 Å². The average Bonchev–Trinajstić information content (AvgIpc) is 2.84. The van der Waals surface area contributed by atoms with Crippen LogP contribution in [0, 0.1) is 5.82 Å². The highest BCUT2D eigenvalue weighted by molar-refractivity contribution is 6.42. The summed E-state index contributed by atoms with van der Waals surface area (Å²) in [5, 5.41) is 1.52. The van der Waals surface area contributed by atoms with Crippen LogP contribution in [0.5, 0.6) is 0 Å². The van der Waals surface area contributed by atoms with Crippen molar-refractivity contribution in [2.24, 2.45) is 0 Å². The minimum atomic E-state index is -0.295. The molecule has 0 aliphatic carbocycles. The van der Waals surface area contributed by atoms with E-state index >= 15 is 0 Å². The first-order chi connectivity index (χ1) is 10.0. The van der Waals surface area contributed by atoms with Crippen molar-refractivity contribution in [1.82, 2.24) is 4.57 Å². The first-order valence-electron chi connectivity index (χ1n) is 6.27. The Morgan fingerprint density at radius 2 is 1.86 bits per heavy atom. The molecule has 1 heterocycles. The van der Waals surface area contributed by atoms with Crippen molar-refractivity contribution in [2.75, 3.05) is 0 Å². The van der Waals surface area contributed by atoms with Gasteiger partial charge in [-0.2, -0.15) is 0 Å². The van der Waals surface area contributed by atoms with Crippen LogP contribution in [0.4, 0.5) is 4.39 Å². The van der Waals surface area contributed by atoms with E-state index in [0.29, 0.717) is 15.6 Å². The molecule has 0 saturated carbocycles. The lowest BCUT2D eigenvalue weighted by Gasteiger charge is -2.06. The van der Waals surface area contributed by atoms with Crippen LogP contribution in [0.15, 0.2) is 48.7 Å². The van der Waals surface area contributed by atoms with Gasteiger partial charge in [-0.15, -0.1) is 0 Å². The van der Waals surface area contributed by atoms with E-state index in [1.807, 2.05) is 0 Å². The summed E-state index contributed by atoms with van der Waals surface area (Å²) in [5.74, 6) is -0.383. The number of carbonyl (C=O) groups is 1. The van der Waals surface area contributed by atoms with Gasteiger partial charge in [0.2, 0.25) is 0 Å². The summed E-state index contributed by atoms with van der Waals surface area (Å²) >= 11 is 11.8. The van der Waals surface area contributed by atoms with Gasteiger partial charge in [-0.3, -0.25) is 4.79 Å². The van der Waals surface area contributed by atoms with E-state index in [1.54, 1.807) is 41.1 Å². The molecule has 0 saturated heterocycles. The van der Waals surface area contributed by atoms with Crippen LogP contribution < -0.4 is 0 Å². The van der Waals surface area contributed by atoms with Crippen molar-refractivity contribution >= 4 is 39.9 Å². The topological polar surface area (TPSA) is 22.0 Å². The molecule has 3 rings (SSSR count). The molecule has 21 heavy (non-hydrogen) atoms. The predicted molar refractivity (Wildman–Crippen MR) is 82.7 cm³/mol. The van der Waals surface area contributed by atoms with Crippen molar-refractivity contribution in [3.8, 4) is 0 Å². The van der Waals surface area contributed by atoms with E-state index < -0.39 is 0 Å². The number of hydrogen-bond acceptors (Lipinski definition) is 1. The fourth-order valence-corrected chi connectivity index (χ4v) is 2.52. The zero-order valence-corrected chi connectivity index (χ0v) is 12.3. The molecule has 0 fully saturated rings. The molecule has 3 aromatic rings. The monoisotopic (exact) mass is 321 g/mol. The van der Waals surface area contributed by atoms with Crippen LogP contribution in [0.2, 0.25) is 10.0 Å². The third-order valence-corrected chi connectivity index (χ3v) is 4.03. The second-order valence-electron chi connectivity index (χ2n) is 4.70. The third-order valence-electron chi connectivity index (χ3n) is 3.29. The molecule has 0 N–H and O–H groups in total. The van der Waals surface area contributed by atoms with Crippen molar-refractivity contribution in [3.05, 3.63) is 70.1 Å². The maximum Gasteiger partial charge on any atom is 0.182 e. The van der Waals surface area contributed by atoms with Crippen LogP contribution in [0.25, 0.3) is 10.9 Å². The number of halogens is 3. The molecule has 2 aromatic carbocycles. The van der Waals surface area contributed by atoms with E-state index in [-0.39, 0.29) is 18.1 Å². The summed E-state index contributed by atoms with van der Waals surface area (Å²) in [5.41, 5.74) is 1.30. The third kappa shape index (κ3) is 2.80. The van der Waals surface area contributed by atoms with Gasteiger partial charge >= 0.3 is 0 Å². The van der Waals surface area contributed by atoms with Gasteiger partial charge in [0.05, 0.1) is 16.6 Å². The summed E-state index contributed by atoms with van der Waals surface area (Å²) in [6.07, 6.45) is 1.76. The SMILES string of the molecule is O=C(Cn1ccc2cc(F)ccc21)c1ccc(Cl)c(Cl)c1. The summed E-state index contributed by atoms with van der Waals surface area (Å²) in [4.78, 5) is 12.3. The minimum absolute atomic E-state index is 0.0876. The van der Waals surface area contributed by atoms with Gasteiger partial charge in [0.1, 0.15) is 5.82 Å². The average molecular weight is 322 g/mol. The number of benzene rings is 2. The Labute approximate surface area is 130 Å².